The number of halogens is 2. The van der Waals surface area contributed by atoms with Gasteiger partial charge in [0, 0.05) is 23.6 Å². The van der Waals surface area contributed by atoms with Crippen molar-refractivity contribution < 1.29 is 9.59 Å². The molecule has 0 aliphatic carbocycles. The van der Waals surface area contributed by atoms with Crippen LogP contribution in [0, 0.1) is 0 Å². The van der Waals surface area contributed by atoms with Crippen LogP contribution in [0.1, 0.15) is 23.2 Å². The summed E-state index contributed by atoms with van der Waals surface area (Å²) in [6, 6.07) is 1.57. The standard InChI is InChI=1S/C10H8BrClN2O2/c11-6-4-7(9(12)13-5-6)10(16)14-3-1-2-8(14)15/h4-5H,1-3H2. The van der Waals surface area contributed by atoms with Gasteiger partial charge in [0.15, 0.2) is 0 Å². The van der Waals surface area contributed by atoms with Gasteiger partial charge in [0.2, 0.25) is 5.91 Å². The van der Waals surface area contributed by atoms with Gasteiger partial charge in [-0.15, -0.1) is 0 Å². The summed E-state index contributed by atoms with van der Waals surface area (Å²) in [6.07, 6.45) is 2.64. The zero-order valence-electron chi connectivity index (χ0n) is 8.24. The number of amides is 2. The lowest BCUT2D eigenvalue weighted by Gasteiger charge is -2.13. The van der Waals surface area contributed by atoms with Gasteiger partial charge in [-0.2, -0.15) is 0 Å². The zero-order valence-corrected chi connectivity index (χ0v) is 10.6. The molecule has 84 valence electrons. The quantitative estimate of drug-likeness (QED) is 0.590. The minimum Gasteiger partial charge on any atom is -0.278 e. The minimum absolute atomic E-state index is 0.118. The molecule has 1 aliphatic rings. The van der Waals surface area contributed by atoms with Gasteiger partial charge in [-0.25, -0.2) is 4.98 Å². The molecule has 1 fully saturated rings. The number of aromatic nitrogens is 1. The molecular weight excluding hydrogens is 295 g/mol. The summed E-state index contributed by atoms with van der Waals surface area (Å²) < 4.78 is 0.659. The SMILES string of the molecule is O=C1CCCN1C(=O)c1cc(Br)cnc1Cl. The second kappa shape index (κ2) is 4.51. The second-order valence-corrected chi connectivity index (χ2v) is 4.72. The Morgan fingerprint density at radius 3 is 2.94 bits per heavy atom. The monoisotopic (exact) mass is 302 g/mol. The van der Waals surface area contributed by atoms with Crippen LogP contribution in [0.5, 0.6) is 0 Å². The number of carbonyl (C=O) groups is 2. The van der Waals surface area contributed by atoms with Crippen molar-refractivity contribution in [2.24, 2.45) is 0 Å². The van der Waals surface area contributed by atoms with Crippen LogP contribution in [0.15, 0.2) is 16.7 Å². The molecule has 0 atom stereocenters. The number of hydrogen-bond donors (Lipinski definition) is 0. The highest BCUT2D eigenvalue weighted by atomic mass is 79.9. The Morgan fingerprint density at radius 1 is 1.56 bits per heavy atom. The van der Waals surface area contributed by atoms with E-state index in [0.29, 0.717) is 23.9 Å². The molecule has 1 saturated heterocycles. The Hall–Kier alpha value is -0.940. The van der Waals surface area contributed by atoms with Crippen molar-refractivity contribution in [2.45, 2.75) is 12.8 Å². The smallest absolute Gasteiger partial charge is 0.263 e. The molecule has 6 heteroatoms. The Balaban J connectivity index is 2.33. The van der Waals surface area contributed by atoms with Crippen molar-refractivity contribution in [3.63, 3.8) is 0 Å². The van der Waals surface area contributed by atoms with E-state index in [-0.39, 0.29) is 22.5 Å². The van der Waals surface area contributed by atoms with Crippen molar-refractivity contribution in [3.05, 3.63) is 27.5 Å². The second-order valence-electron chi connectivity index (χ2n) is 3.45. The molecule has 0 N–H and O–H groups in total. The van der Waals surface area contributed by atoms with Gasteiger partial charge < -0.3 is 0 Å². The fraction of sp³-hybridized carbons (Fsp3) is 0.300. The van der Waals surface area contributed by atoms with Gasteiger partial charge in [-0.1, -0.05) is 11.6 Å². The average Bonchev–Trinajstić information content (AvgIpc) is 2.67. The number of pyridine rings is 1. The first-order valence-electron chi connectivity index (χ1n) is 4.75. The topological polar surface area (TPSA) is 50.3 Å². The summed E-state index contributed by atoms with van der Waals surface area (Å²) in [4.78, 5) is 28.5. The maximum Gasteiger partial charge on any atom is 0.263 e. The lowest BCUT2D eigenvalue weighted by molar-refractivity contribution is -0.125. The van der Waals surface area contributed by atoms with E-state index >= 15 is 0 Å². The molecule has 0 unspecified atom stereocenters. The van der Waals surface area contributed by atoms with Crippen LogP contribution in [0.2, 0.25) is 5.15 Å². The van der Waals surface area contributed by atoms with Crippen LogP contribution < -0.4 is 0 Å². The molecule has 0 radical (unpaired) electrons. The fourth-order valence-electron chi connectivity index (χ4n) is 1.58. The Bertz CT molecular complexity index is 464. The van der Waals surface area contributed by atoms with Gasteiger partial charge in [-0.3, -0.25) is 14.5 Å². The van der Waals surface area contributed by atoms with Crippen LogP contribution in [0.3, 0.4) is 0 Å². The van der Waals surface area contributed by atoms with Crippen molar-refractivity contribution in [1.29, 1.82) is 0 Å². The van der Waals surface area contributed by atoms with E-state index < -0.39 is 0 Å². The van der Waals surface area contributed by atoms with Crippen LogP contribution >= 0.6 is 27.5 Å². The number of imide groups is 1. The van der Waals surface area contributed by atoms with Crippen LogP contribution in [-0.4, -0.2) is 28.2 Å². The Morgan fingerprint density at radius 2 is 2.31 bits per heavy atom. The number of hydrogen-bond acceptors (Lipinski definition) is 3. The first kappa shape index (κ1) is 11.5. The predicted octanol–water partition coefficient (Wildman–Crippen LogP) is 2.26. The molecule has 0 spiro atoms. The van der Waals surface area contributed by atoms with E-state index in [1.54, 1.807) is 6.07 Å². The van der Waals surface area contributed by atoms with Crippen molar-refractivity contribution >= 4 is 39.3 Å². The van der Waals surface area contributed by atoms with E-state index in [1.165, 1.54) is 11.1 Å². The normalized spacial score (nSPS) is 15.6. The van der Waals surface area contributed by atoms with E-state index in [1.807, 2.05) is 0 Å². The summed E-state index contributed by atoms with van der Waals surface area (Å²) in [5, 5.41) is 0.118. The highest BCUT2D eigenvalue weighted by Gasteiger charge is 2.28. The number of likely N-dealkylation sites (tertiary alicyclic amines) is 1. The first-order valence-corrected chi connectivity index (χ1v) is 5.92. The molecule has 2 rings (SSSR count). The van der Waals surface area contributed by atoms with Gasteiger partial charge in [0.25, 0.3) is 5.91 Å². The molecule has 1 aromatic rings. The highest BCUT2D eigenvalue weighted by molar-refractivity contribution is 9.10. The van der Waals surface area contributed by atoms with E-state index in [4.69, 9.17) is 11.6 Å². The lowest BCUT2D eigenvalue weighted by Crippen LogP contribution is -2.32. The van der Waals surface area contributed by atoms with Crippen molar-refractivity contribution in [2.75, 3.05) is 6.54 Å². The molecule has 1 aromatic heterocycles. The van der Waals surface area contributed by atoms with E-state index in [9.17, 15) is 9.59 Å². The molecular formula is C10H8BrClN2O2. The number of nitrogens with zero attached hydrogens (tertiary/aromatic N) is 2. The van der Waals surface area contributed by atoms with E-state index in [2.05, 4.69) is 20.9 Å². The summed E-state index contributed by atoms with van der Waals surface area (Å²) in [5.41, 5.74) is 0.256. The lowest BCUT2D eigenvalue weighted by atomic mass is 10.2. The van der Waals surface area contributed by atoms with Crippen molar-refractivity contribution in [3.8, 4) is 0 Å². The van der Waals surface area contributed by atoms with Crippen LogP contribution in [-0.2, 0) is 4.79 Å². The number of carbonyl (C=O) groups excluding carboxylic acids is 2. The molecule has 0 bridgehead atoms. The molecule has 16 heavy (non-hydrogen) atoms. The Labute approximate surface area is 106 Å². The van der Waals surface area contributed by atoms with Gasteiger partial charge in [0.1, 0.15) is 5.15 Å². The molecule has 1 aliphatic heterocycles. The summed E-state index contributed by atoms with van der Waals surface area (Å²) in [5.74, 6) is -0.526. The summed E-state index contributed by atoms with van der Waals surface area (Å²) >= 11 is 9.04. The zero-order chi connectivity index (χ0) is 11.7. The third kappa shape index (κ3) is 2.10. The van der Waals surface area contributed by atoms with Crippen LogP contribution in [0.25, 0.3) is 0 Å². The minimum atomic E-state index is -0.374. The molecule has 4 nitrogen and oxygen atoms in total. The molecule has 2 heterocycles. The molecule has 0 aromatic carbocycles. The predicted molar refractivity (Wildman–Crippen MR) is 62.2 cm³/mol. The largest absolute Gasteiger partial charge is 0.278 e. The van der Waals surface area contributed by atoms with Crippen LogP contribution in [0.4, 0.5) is 0 Å². The van der Waals surface area contributed by atoms with Gasteiger partial charge >= 0.3 is 0 Å². The maximum absolute atomic E-state index is 12.0. The highest BCUT2D eigenvalue weighted by Crippen LogP contribution is 2.22. The first-order chi connectivity index (χ1) is 7.59. The maximum atomic E-state index is 12.0. The Kier molecular flexibility index (Phi) is 3.25. The summed E-state index contributed by atoms with van der Waals surface area (Å²) in [6.45, 7) is 0.459. The number of rotatable bonds is 1. The van der Waals surface area contributed by atoms with E-state index in [0.717, 1.165) is 0 Å². The molecule has 2 amide bonds. The van der Waals surface area contributed by atoms with Crippen molar-refractivity contribution in [1.82, 2.24) is 9.88 Å². The van der Waals surface area contributed by atoms with Gasteiger partial charge in [-0.05, 0) is 28.4 Å². The third-order valence-corrected chi connectivity index (χ3v) is 3.09. The average molecular weight is 304 g/mol. The fourth-order valence-corrected chi connectivity index (χ4v) is 2.10. The van der Waals surface area contributed by atoms with Gasteiger partial charge in [0.05, 0.1) is 5.56 Å². The summed E-state index contributed by atoms with van der Waals surface area (Å²) in [7, 11) is 0. The third-order valence-electron chi connectivity index (χ3n) is 2.35. The molecule has 0 saturated carbocycles.